The lowest BCUT2D eigenvalue weighted by atomic mass is 10.1. The molecule has 20 heavy (non-hydrogen) atoms. The minimum Gasteiger partial charge on any atom is -0.488 e. The third-order valence-electron chi connectivity index (χ3n) is 3.10. The molecule has 2 heterocycles. The summed E-state index contributed by atoms with van der Waals surface area (Å²) in [4.78, 5) is 18.5. The van der Waals surface area contributed by atoms with Crippen LogP contribution >= 0.6 is 0 Å². The van der Waals surface area contributed by atoms with Crippen LogP contribution in [0.15, 0.2) is 36.7 Å². The fourth-order valence-corrected chi connectivity index (χ4v) is 2.12. The summed E-state index contributed by atoms with van der Waals surface area (Å²) in [5.41, 5.74) is 1.13. The van der Waals surface area contributed by atoms with Crippen molar-refractivity contribution in [3.63, 3.8) is 0 Å². The summed E-state index contributed by atoms with van der Waals surface area (Å²) in [6, 6.07) is 7.95. The molecule has 1 unspecified atom stereocenters. The van der Waals surface area contributed by atoms with E-state index < -0.39 is 5.97 Å². The van der Waals surface area contributed by atoms with Gasteiger partial charge in [-0.1, -0.05) is 18.2 Å². The number of para-hydroxylation sites is 1. The molecule has 0 saturated carbocycles. The maximum absolute atomic E-state index is 10.7. The Morgan fingerprint density at radius 2 is 2.20 bits per heavy atom. The van der Waals surface area contributed by atoms with Crippen molar-refractivity contribution in [2.75, 3.05) is 11.9 Å². The lowest BCUT2D eigenvalue weighted by Gasteiger charge is -2.12. The third-order valence-corrected chi connectivity index (χ3v) is 3.10. The molecule has 6 nitrogen and oxygen atoms in total. The molecule has 0 radical (unpaired) electrons. The number of nitrogens with zero attached hydrogens (tertiary/aromatic N) is 2. The maximum Gasteiger partial charge on any atom is 0.356 e. The lowest BCUT2D eigenvalue weighted by molar-refractivity contribution is 0.0690. The molecule has 0 spiro atoms. The van der Waals surface area contributed by atoms with E-state index in [2.05, 4.69) is 21.4 Å². The summed E-state index contributed by atoms with van der Waals surface area (Å²) in [6.45, 7) is 0.593. The second-order valence-electron chi connectivity index (χ2n) is 4.52. The van der Waals surface area contributed by atoms with Gasteiger partial charge in [0.05, 0.1) is 18.9 Å². The number of aromatic nitrogens is 2. The summed E-state index contributed by atoms with van der Waals surface area (Å²) >= 11 is 0. The monoisotopic (exact) mass is 271 g/mol. The molecular formula is C14H13N3O3. The Kier molecular flexibility index (Phi) is 3.20. The average molecular weight is 271 g/mol. The molecule has 2 aromatic rings. The number of carbonyl (C=O) groups is 1. The van der Waals surface area contributed by atoms with Crippen LogP contribution in [0.25, 0.3) is 0 Å². The predicted octanol–water partition coefficient (Wildman–Crippen LogP) is 1.59. The number of carboxylic acids is 1. The Hall–Kier alpha value is -2.63. The molecule has 0 fully saturated rings. The van der Waals surface area contributed by atoms with E-state index in [0.717, 1.165) is 12.2 Å². The van der Waals surface area contributed by atoms with Crippen LogP contribution in [0.2, 0.25) is 0 Å². The summed E-state index contributed by atoms with van der Waals surface area (Å²) in [6.07, 6.45) is 3.54. The summed E-state index contributed by atoms with van der Waals surface area (Å²) in [5.74, 6) is 0.375. The van der Waals surface area contributed by atoms with Crippen LogP contribution in [0.5, 0.6) is 5.75 Å². The minimum atomic E-state index is -1.08. The van der Waals surface area contributed by atoms with Gasteiger partial charge in [0.25, 0.3) is 0 Å². The van der Waals surface area contributed by atoms with E-state index in [1.165, 1.54) is 18.0 Å². The van der Waals surface area contributed by atoms with Gasteiger partial charge >= 0.3 is 5.97 Å². The topological polar surface area (TPSA) is 84.3 Å². The summed E-state index contributed by atoms with van der Waals surface area (Å²) in [5, 5.41) is 11.8. The molecule has 1 aliphatic rings. The number of nitrogens with one attached hydrogen (secondary N) is 1. The van der Waals surface area contributed by atoms with E-state index in [4.69, 9.17) is 9.84 Å². The molecule has 1 aromatic heterocycles. The van der Waals surface area contributed by atoms with Gasteiger partial charge < -0.3 is 15.2 Å². The Balaban J connectivity index is 1.57. The molecule has 3 rings (SSSR count). The van der Waals surface area contributed by atoms with Crippen LogP contribution < -0.4 is 10.1 Å². The molecule has 102 valence electrons. The van der Waals surface area contributed by atoms with Crippen molar-refractivity contribution in [1.82, 2.24) is 9.97 Å². The lowest BCUT2D eigenvalue weighted by Crippen LogP contribution is -2.24. The Morgan fingerprint density at radius 3 is 2.90 bits per heavy atom. The van der Waals surface area contributed by atoms with Gasteiger partial charge in [-0.25, -0.2) is 14.8 Å². The molecule has 0 aliphatic carbocycles. The predicted molar refractivity (Wildman–Crippen MR) is 72.0 cm³/mol. The molecule has 0 saturated heterocycles. The molecule has 6 heteroatoms. The van der Waals surface area contributed by atoms with Crippen LogP contribution in [0.4, 0.5) is 5.82 Å². The van der Waals surface area contributed by atoms with Crippen molar-refractivity contribution >= 4 is 11.8 Å². The van der Waals surface area contributed by atoms with Gasteiger partial charge in [-0.3, -0.25) is 0 Å². The average Bonchev–Trinajstić information content (AvgIpc) is 2.88. The van der Waals surface area contributed by atoms with Crippen LogP contribution in [-0.2, 0) is 6.42 Å². The fourth-order valence-electron chi connectivity index (χ4n) is 2.12. The van der Waals surface area contributed by atoms with Crippen LogP contribution in [0.1, 0.15) is 16.1 Å². The largest absolute Gasteiger partial charge is 0.488 e. The zero-order valence-electron chi connectivity index (χ0n) is 10.6. The van der Waals surface area contributed by atoms with E-state index in [1.54, 1.807) is 0 Å². The van der Waals surface area contributed by atoms with E-state index in [1.807, 2.05) is 18.2 Å². The van der Waals surface area contributed by atoms with Crippen LogP contribution in [0.3, 0.4) is 0 Å². The highest BCUT2D eigenvalue weighted by molar-refractivity contribution is 5.84. The molecular weight excluding hydrogens is 258 g/mol. The van der Waals surface area contributed by atoms with Gasteiger partial charge in [-0.2, -0.15) is 0 Å². The maximum atomic E-state index is 10.7. The number of ether oxygens (including phenoxy) is 1. The number of carboxylic acid groups (broad SMARTS) is 1. The molecule has 1 aliphatic heterocycles. The van der Waals surface area contributed by atoms with Crippen molar-refractivity contribution in [3.05, 3.63) is 47.9 Å². The van der Waals surface area contributed by atoms with E-state index in [9.17, 15) is 4.79 Å². The highest BCUT2D eigenvalue weighted by Gasteiger charge is 2.21. The first-order chi connectivity index (χ1) is 9.72. The normalized spacial score (nSPS) is 16.3. The summed E-state index contributed by atoms with van der Waals surface area (Å²) in [7, 11) is 0. The number of anilines is 1. The molecule has 1 atom stereocenters. The smallest absolute Gasteiger partial charge is 0.356 e. The van der Waals surface area contributed by atoms with E-state index in [-0.39, 0.29) is 11.8 Å². The first-order valence-electron chi connectivity index (χ1n) is 6.26. The quantitative estimate of drug-likeness (QED) is 0.878. The number of aromatic carboxylic acids is 1. The zero-order chi connectivity index (χ0) is 13.9. The number of rotatable bonds is 4. The highest BCUT2D eigenvalue weighted by atomic mass is 16.5. The fraction of sp³-hybridized carbons (Fsp3) is 0.214. The van der Waals surface area contributed by atoms with Gasteiger partial charge in [0.2, 0.25) is 0 Å². The van der Waals surface area contributed by atoms with Gasteiger partial charge in [0.15, 0.2) is 5.69 Å². The minimum absolute atomic E-state index is 0.0494. The first-order valence-corrected chi connectivity index (χ1v) is 6.26. The molecule has 1 aromatic carbocycles. The van der Waals surface area contributed by atoms with Gasteiger partial charge in [0, 0.05) is 6.42 Å². The second kappa shape index (κ2) is 5.16. The summed E-state index contributed by atoms with van der Waals surface area (Å²) < 4.78 is 5.79. The van der Waals surface area contributed by atoms with Crippen LogP contribution in [-0.4, -0.2) is 33.7 Å². The van der Waals surface area contributed by atoms with E-state index in [0.29, 0.717) is 12.4 Å². The van der Waals surface area contributed by atoms with E-state index >= 15 is 0 Å². The van der Waals surface area contributed by atoms with Gasteiger partial charge in [-0.05, 0) is 11.6 Å². The molecule has 0 amide bonds. The third kappa shape index (κ3) is 2.54. The number of hydrogen-bond acceptors (Lipinski definition) is 5. The number of benzene rings is 1. The van der Waals surface area contributed by atoms with Crippen molar-refractivity contribution in [2.45, 2.75) is 12.5 Å². The highest BCUT2D eigenvalue weighted by Crippen LogP contribution is 2.28. The van der Waals surface area contributed by atoms with Crippen molar-refractivity contribution in [2.24, 2.45) is 0 Å². The first kappa shape index (κ1) is 12.4. The van der Waals surface area contributed by atoms with Gasteiger partial charge in [0.1, 0.15) is 17.7 Å². The SMILES string of the molecule is O=C(O)c1cnc(NCC2Cc3ccccc3O2)cn1. The number of fused-ring (bicyclic) bond motifs is 1. The molecule has 2 N–H and O–H groups in total. The zero-order valence-corrected chi connectivity index (χ0v) is 10.6. The Labute approximate surface area is 115 Å². The van der Waals surface area contributed by atoms with Crippen molar-refractivity contribution in [3.8, 4) is 5.75 Å². The molecule has 0 bridgehead atoms. The van der Waals surface area contributed by atoms with Crippen molar-refractivity contribution < 1.29 is 14.6 Å². The number of hydrogen-bond donors (Lipinski definition) is 2. The standard InChI is InChI=1S/C14H13N3O3/c18-14(19)11-7-17-13(8-15-11)16-6-10-5-9-3-1-2-4-12(9)20-10/h1-4,7-8,10H,5-6H2,(H,16,17)(H,18,19). The van der Waals surface area contributed by atoms with Gasteiger partial charge in [-0.15, -0.1) is 0 Å². The second-order valence-corrected chi connectivity index (χ2v) is 4.52. The Morgan fingerprint density at radius 1 is 1.35 bits per heavy atom. The van der Waals surface area contributed by atoms with Crippen LogP contribution in [0, 0.1) is 0 Å². The van der Waals surface area contributed by atoms with Crippen molar-refractivity contribution in [1.29, 1.82) is 0 Å². The Bertz CT molecular complexity index is 603.